The van der Waals surface area contributed by atoms with Crippen LogP contribution in [0.4, 0.5) is 5.69 Å². The third-order valence-electron chi connectivity index (χ3n) is 7.73. The molecular weight excluding hydrogens is 488 g/mol. The van der Waals surface area contributed by atoms with Gasteiger partial charge in [-0.05, 0) is 40.4 Å². The fraction of sp³-hybridized carbons (Fsp3) is 0.310. The van der Waals surface area contributed by atoms with Gasteiger partial charge in [0.25, 0.3) is 0 Å². The average Bonchev–Trinajstić information content (AvgIpc) is 3.59. The number of rotatable bonds is 8. The Bertz CT molecular complexity index is 1360. The average molecular weight is 518 g/mol. The van der Waals surface area contributed by atoms with E-state index in [9.17, 15) is 9.59 Å². The van der Waals surface area contributed by atoms with Crippen molar-refractivity contribution in [3.63, 3.8) is 0 Å². The minimum Gasteiger partial charge on any atom is -0.454 e. The van der Waals surface area contributed by atoms with Crippen molar-refractivity contribution >= 4 is 50.2 Å². The van der Waals surface area contributed by atoms with Gasteiger partial charge < -0.3 is 14.5 Å². The summed E-state index contributed by atoms with van der Waals surface area (Å²) in [7, 11) is 0. The molecule has 0 spiro atoms. The number of quaternary nitrogens is 1. The molecule has 2 aromatic heterocycles. The summed E-state index contributed by atoms with van der Waals surface area (Å²) >= 11 is 3.15. The van der Waals surface area contributed by atoms with Gasteiger partial charge in [0.15, 0.2) is 12.1 Å². The van der Waals surface area contributed by atoms with Crippen LogP contribution in [0, 0.1) is 5.92 Å². The molecule has 2 aromatic carbocycles. The molecule has 0 aliphatic carbocycles. The first-order valence-electron chi connectivity index (χ1n) is 12.5. The molecule has 4 aromatic rings. The number of esters is 1. The highest BCUT2D eigenvalue weighted by Gasteiger charge is 2.49. The first kappa shape index (κ1) is 23.4. The maximum Gasteiger partial charge on any atom is 0.333 e. The highest BCUT2D eigenvalue weighted by molar-refractivity contribution is 7.17. The van der Waals surface area contributed by atoms with Crippen LogP contribution >= 0.6 is 22.7 Å². The Morgan fingerprint density at radius 3 is 2.53 bits per heavy atom. The highest BCUT2D eigenvalue weighted by Crippen LogP contribution is 2.38. The van der Waals surface area contributed by atoms with Crippen LogP contribution in [0.25, 0.3) is 10.1 Å². The molecule has 0 amide bonds. The van der Waals surface area contributed by atoms with Crippen molar-refractivity contribution in [1.29, 1.82) is 0 Å². The first-order chi connectivity index (χ1) is 17.6. The Morgan fingerprint density at radius 2 is 1.75 bits per heavy atom. The SMILES string of the molecule is O=C(C[N+]12CCC(CC1)[C@@H](OC(=O)C(Nc1ccccc1)c1csc3ccccc13)C2)c1cccs1. The summed E-state index contributed by atoms with van der Waals surface area (Å²) in [5.74, 6) is 0.315. The summed E-state index contributed by atoms with van der Waals surface area (Å²) in [5.41, 5.74) is 1.83. The van der Waals surface area contributed by atoms with Gasteiger partial charge >= 0.3 is 5.97 Å². The normalized spacial score (nSPS) is 23.9. The number of nitrogens with zero attached hydrogens (tertiary/aromatic N) is 1. The zero-order valence-electron chi connectivity index (χ0n) is 20.0. The Morgan fingerprint density at radius 1 is 0.972 bits per heavy atom. The summed E-state index contributed by atoms with van der Waals surface area (Å²) in [5, 5.41) is 8.54. The minimum absolute atomic E-state index is 0.166. The molecule has 3 aliphatic heterocycles. The van der Waals surface area contributed by atoms with E-state index in [0.717, 1.165) is 63.2 Å². The summed E-state index contributed by atoms with van der Waals surface area (Å²) in [4.78, 5) is 27.6. The van der Waals surface area contributed by atoms with Gasteiger partial charge in [-0.3, -0.25) is 4.79 Å². The zero-order valence-corrected chi connectivity index (χ0v) is 21.6. The molecule has 0 radical (unpaired) electrons. The smallest absolute Gasteiger partial charge is 0.333 e. The molecule has 7 heteroatoms. The van der Waals surface area contributed by atoms with Gasteiger partial charge in [0.05, 0.1) is 18.0 Å². The number of benzene rings is 2. The number of ether oxygens (including phenoxy) is 1. The van der Waals surface area contributed by atoms with Crippen molar-refractivity contribution in [1.82, 2.24) is 0 Å². The Balaban J connectivity index is 1.24. The molecule has 5 nitrogen and oxygen atoms in total. The van der Waals surface area contributed by atoms with E-state index in [-0.39, 0.29) is 17.9 Å². The number of carbonyl (C=O) groups excluding carboxylic acids is 2. The molecular formula is C29H29N2O3S2+. The van der Waals surface area contributed by atoms with Crippen LogP contribution in [0.5, 0.6) is 0 Å². The third kappa shape index (κ3) is 4.59. The van der Waals surface area contributed by atoms with Gasteiger partial charge in [0.1, 0.15) is 13.1 Å². The van der Waals surface area contributed by atoms with Crippen LogP contribution in [-0.4, -0.2) is 48.5 Å². The minimum atomic E-state index is -0.597. The van der Waals surface area contributed by atoms with Crippen LogP contribution in [0.1, 0.15) is 34.1 Å². The summed E-state index contributed by atoms with van der Waals surface area (Å²) in [6.45, 7) is 3.17. The Labute approximate surface area is 218 Å². The number of fused-ring (bicyclic) bond motifs is 4. The van der Waals surface area contributed by atoms with E-state index in [2.05, 4.69) is 22.8 Å². The predicted molar refractivity (Wildman–Crippen MR) is 146 cm³/mol. The van der Waals surface area contributed by atoms with Gasteiger partial charge in [-0.2, -0.15) is 0 Å². The monoisotopic (exact) mass is 517 g/mol. The second-order valence-electron chi connectivity index (χ2n) is 9.97. The second-order valence-corrected chi connectivity index (χ2v) is 11.8. The lowest BCUT2D eigenvalue weighted by Gasteiger charge is -2.51. The van der Waals surface area contributed by atoms with E-state index in [1.807, 2.05) is 60.0 Å². The van der Waals surface area contributed by atoms with E-state index in [4.69, 9.17) is 4.74 Å². The first-order valence-corrected chi connectivity index (χ1v) is 14.3. The van der Waals surface area contributed by atoms with Crippen molar-refractivity contribution < 1.29 is 18.8 Å². The molecule has 3 aliphatic rings. The second kappa shape index (κ2) is 9.81. The van der Waals surface area contributed by atoms with Crippen molar-refractivity contribution in [2.75, 3.05) is 31.5 Å². The van der Waals surface area contributed by atoms with E-state index in [1.54, 1.807) is 11.3 Å². The Kier molecular flexibility index (Phi) is 6.37. The predicted octanol–water partition coefficient (Wildman–Crippen LogP) is 6.15. The standard InChI is InChI=1S/C29H29N2O3S2/c32-24(27-11-6-16-35-27)17-31-14-12-20(13-15-31)25(18-31)34-29(33)28(30-21-7-2-1-3-8-21)23-19-36-26-10-5-4-9-22(23)26/h1-11,16,19-20,25,28,30H,12-15,17-18H2/q+1/t20?,25-,28?,31?/m0/s1. The number of Topliss-reactive ketones (excluding diaryl/α,β-unsaturated/α-hetero) is 1. The van der Waals surface area contributed by atoms with E-state index in [1.165, 1.54) is 11.3 Å². The molecule has 2 atom stereocenters. The van der Waals surface area contributed by atoms with Crippen LogP contribution in [0.3, 0.4) is 0 Å². The third-order valence-corrected chi connectivity index (χ3v) is 9.62. The van der Waals surface area contributed by atoms with Crippen molar-refractivity contribution in [2.45, 2.75) is 25.0 Å². The number of anilines is 1. The summed E-state index contributed by atoms with van der Waals surface area (Å²) in [6.07, 6.45) is 1.82. The number of piperidine rings is 3. The van der Waals surface area contributed by atoms with E-state index in [0.29, 0.717) is 12.5 Å². The fourth-order valence-electron chi connectivity index (χ4n) is 5.80. The molecule has 1 unspecified atom stereocenters. The number of hydrogen-bond donors (Lipinski definition) is 1. The van der Waals surface area contributed by atoms with E-state index >= 15 is 0 Å². The van der Waals surface area contributed by atoms with Crippen molar-refractivity contribution in [3.8, 4) is 0 Å². The van der Waals surface area contributed by atoms with Gasteiger partial charge in [-0.25, -0.2) is 4.79 Å². The van der Waals surface area contributed by atoms with Crippen LogP contribution in [0.2, 0.25) is 0 Å². The van der Waals surface area contributed by atoms with Gasteiger partial charge in [0.2, 0.25) is 5.78 Å². The van der Waals surface area contributed by atoms with Crippen LogP contribution < -0.4 is 5.32 Å². The fourth-order valence-corrected chi connectivity index (χ4v) is 7.44. The molecule has 3 saturated heterocycles. The molecule has 36 heavy (non-hydrogen) atoms. The van der Waals surface area contributed by atoms with E-state index < -0.39 is 6.04 Å². The molecule has 1 N–H and O–H groups in total. The largest absolute Gasteiger partial charge is 0.454 e. The highest BCUT2D eigenvalue weighted by atomic mass is 32.1. The summed E-state index contributed by atoms with van der Waals surface area (Å²) < 4.78 is 8.19. The number of carbonyl (C=O) groups is 2. The van der Waals surface area contributed by atoms with Crippen molar-refractivity contribution in [2.24, 2.45) is 5.92 Å². The lowest BCUT2D eigenvalue weighted by atomic mass is 9.83. The number of para-hydroxylation sites is 1. The molecule has 0 saturated carbocycles. The molecule has 7 rings (SSSR count). The summed E-state index contributed by atoms with van der Waals surface area (Å²) in [6, 6.07) is 21.3. The number of ketones is 1. The molecule has 3 fully saturated rings. The quantitative estimate of drug-likeness (QED) is 0.173. The van der Waals surface area contributed by atoms with Gasteiger partial charge in [0, 0.05) is 34.7 Å². The lowest BCUT2D eigenvalue weighted by molar-refractivity contribution is -0.938. The maximum absolute atomic E-state index is 13.8. The van der Waals surface area contributed by atoms with Gasteiger partial charge in [-0.1, -0.05) is 42.5 Å². The number of nitrogens with one attached hydrogen (secondary N) is 1. The number of thiophene rings is 2. The van der Waals surface area contributed by atoms with Crippen LogP contribution in [-0.2, 0) is 9.53 Å². The number of hydrogen-bond acceptors (Lipinski definition) is 6. The zero-order chi connectivity index (χ0) is 24.5. The lowest BCUT2D eigenvalue weighted by Crippen LogP contribution is -2.65. The molecule has 184 valence electrons. The van der Waals surface area contributed by atoms with Crippen LogP contribution in [0.15, 0.2) is 77.5 Å². The Hall–Kier alpha value is -3.00. The van der Waals surface area contributed by atoms with Gasteiger partial charge in [-0.15, -0.1) is 22.7 Å². The maximum atomic E-state index is 13.8. The molecule has 2 bridgehead atoms. The topological polar surface area (TPSA) is 55.4 Å². The molecule has 5 heterocycles. The van der Waals surface area contributed by atoms with Crippen molar-refractivity contribution in [3.05, 3.63) is 87.9 Å².